The molecule has 25 heavy (non-hydrogen) atoms. The zero-order valence-corrected chi connectivity index (χ0v) is 15.8. The first-order valence-corrected chi connectivity index (χ1v) is 9.33. The Balaban J connectivity index is 0.00000312. The summed E-state index contributed by atoms with van der Waals surface area (Å²) in [5, 5.41) is 8.26. The quantitative estimate of drug-likeness (QED) is 0.648. The van der Waals surface area contributed by atoms with E-state index in [-0.39, 0.29) is 23.2 Å². The Morgan fingerprint density at radius 3 is 2.44 bits per heavy atom. The van der Waals surface area contributed by atoms with Crippen LogP contribution in [-0.4, -0.2) is 77.0 Å². The zero-order valence-electron chi connectivity index (χ0n) is 14.2. The lowest BCUT2D eigenvalue weighted by Crippen LogP contribution is -2.49. The van der Waals surface area contributed by atoms with Crippen LogP contribution in [0.15, 0.2) is 29.2 Å². The summed E-state index contributed by atoms with van der Waals surface area (Å²) in [4.78, 5) is 15.9. The van der Waals surface area contributed by atoms with E-state index in [0.717, 1.165) is 26.2 Å². The molecule has 0 spiro atoms. The molecule has 1 saturated heterocycles. The van der Waals surface area contributed by atoms with Crippen LogP contribution in [0.1, 0.15) is 0 Å². The minimum atomic E-state index is -3.69. The second-order valence-electron chi connectivity index (χ2n) is 5.73. The molecule has 1 fully saturated rings. The zero-order chi connectivity index (χ0) is 17.6. The SMILES string of the molecule is CN(CCOc1ccc(S(N)(=O)=O)cc1)CC(=O)N1CCNCC1.Cl. The van der Waals surface area contributed by atoms with Gasteiger partial charge in [-0.2, -0.15) is 0 Å². The van der Waals surface area contributed by atoms with Gasteiger partial charge in [0.15, 0.2) is 0 Å². The Bertz CT molecular complexity index is 648. The molecule has 0 aliphatic carbocycles. The summed E-state index contributed by atoms with van der Waals surface area (Å²) in [7, 11) is -1.82. The van der Waals surface area contributed by atoms with Crippen molar-refractivity contribution in [3.63, 3.8) is 0 Å². The van der Waals surface area contributed by atoms with E-state index in [2.05, 4.69) is 5.32 Å². The molecule has 2 rings (SSSR count). The number of carbonyl (C=O) groups is 1. The minimum absolute atomic E-state index is 0. The van der Waals surface area contributed by atoms with Crippen LogP contribution in [0.5, 0.6) is 5.75 Å². The molecule has 1 amide bonds. The third kappa shape index (κ3) is 7.17. The van der Waals surface area contributed by atoms with E-state index in [1.165, 1.54) is 12.1 Å². The number of piperazine rings is 1. The highest BCUT2D eigenvalue weighted by Crippen LogP contribution is 2.14. The molecule has 1 aliphatic rings. The average Bonchev–Trinajstić information content (AvgIpc) is 2.55. The molecule has 0 saturated carbocycles. The van der Waals surface area contributed by atoms with Crippen LogP contribution in [0.25, 0.3) is 0 Å². The number of nitrogens with two attached hydrogens (primary N) is 1. The highest BCUT2D eigenvalue weighted by Gasteiger charge is 2.17. The van der Waals surface area contributed by atoms with Gasteiger partial charge in [0.2, 0.25) is 15.9 Å². The molecule has 1 heterocycles. The van der Waals surface area contributed by atoms with Gasteiger partial charge in [-0.25, -0.2) is 13.6 Å². The molecule has 1 aromatic carbocycles. The van der Waals surface area contributed by atoms with Crippen LogP contribution >= 0.6 is 12.4 Å². The molecule has 1 aliphatic heterocycles. The van der Waals surface area contributed by atoms with E-state index >= 15 is 0 Å². The first-order valence-electron chi connectivity index (χ1n) is 7.79. The summed E-state index contributed by atoms with van der Waals surface area (Å²) in [5.74, 6) is 0.681. The summed E-state index contributed by atoms with van der Waals surface area (Å²) in [5.41, 5.74) is 0. The van der Waals surface area contributed by atoms with Crippen molar-refractivity contribution in [3.05, 3.63) is 24.3 Å². The van der Waals surface area contributed by atoms with Crippen molar-refractivity contribution in [2.75, 3.05) is 52.9 Å². The molecule has 8 nitrogen and oxygen atoms in total. The van der Waals surface area contributed by atoms with Gasteiger partial charge in [0.25, 0.3) is 0 Å². The van der Waals surface area contributed by atoms with Crippen molar-refractivity contribution in [2.45, 2.75) is 4.90 Å². The average molecular weight is 393 g/mol. The predicted octanol–water partition coefficient (Wildman–Crippen LogP) is -0.502. The maximum atomic E-state index is 12.1. The maximum Gasteiger partial charge on any atom is 0.238 e. The Morgan fingerprint density at radius 2 is 1.88 bits per heavy atom. The van der Waals surface area contributed by atoms with Gasteiger partial charge in [-0.05, 0) is 31.3 Å². The molecule has 0 bridgehead atoms. The fourth-order valence-corrected chi connectivity index (χ4v) is 2.88. The van der Waals surface area contributed by atoms with Crippen LogP contribution in [0, 0.1) is 0 Å². The highest BCUT2D eigenvalue weighted by molar-refractivity contribution is 7.89. The van der Waals surface area contributed by atoms with Crippen LogP contribution in [0.3, 0.4) is 0 Å². The number of hydrogen-bond donors (Lipinski definition) is 2. The van der Waals surface area contributed by atoms with Gasteiger partial charge in [-0.15, -0.1) is 12.4 Å². The molecule has 142 valence electrons. The number of halogens is 1. The predicted molar refractivity (Wildman–Crippen MR) is 97.5 cm³/mol. The van der Waals surface area contributed by atoms with E-state index in [9.17, 15) is 13.2 Å². The number of hydrogen-bond acceptors (Lipinski definition) is 6. The second kappa shape index (κ2) is 9.93. The van der Waals surface area contributed by atoms with E-state index in [1.54, 1.807) is 12.1 Å². The number of sulfonamides is 1. The smallest absolute Gasteiger partial charge is 0.238 e. The topological polar surface area (TPSA) is 105 Å². The van der Waals surface area contributed by atoms with Gasteiger partial charge in [0.05, 0.1) is 11.4 Å². The molecular formula is C15H25ClN4O4S. The summed E-state index contributed by atoms with van der Waals surface area (Å²) >= 11 is 0. The summed E-state index contributed by atoms with van der Waals surface area (Å²) in [6.45, 7) is 4.53. The maximum absolute atomic E-state index is 12.1. The Morgan fingerprint density at radius 1 is 1.28 bits per heavy atom. The van der Waals surface area contributed by atoms with Crippen molar-refractivity contribution >= 4 is 28.3 Å². The van der Waals surface area contributed by atoms with Crippen molar-refractivity contribution in [1.82, 2.24) is 15.1 Å². The summed E-state index contributed by atoms with van der Waals surface area (Å²) in [6, 6.07) is 5.93. The lowest BCUT2D eigenvalue weighted by molar-refractivity contribution is -0.132. The van der Waals surface area contributed by atoms with Crippen LogP contribution < -0.4 is 15.2 Å². The number of nitrogens with one attached hydrogen (secondary N) is 1. The van der Waals surface area contributed by atoms with Crippen molar-refractivity contribution in [2.24, 2.45) is 5.14 Å². The number of benzene rings is 1. The largest absolute Gasteiger partial charge is 0.492 e. The fourth-order valence-electron chi connectivity index (χ4n) is 2.37. The first-order chi connectivity index (χ1) is 11.4. The number of nitrogens with zero attached hydrogens (tertiary/aromatic N) is 2. The van der Waals surface area contributed by atoms with E-state index in [0.29, 0.717) is 25.4 Å². The molecule has 10 heteroatoms. The Labute approximate surface area is 154 Å². The molecule has 1 aromatic rings. The molecule has 0 atom stereocenters. The number of ether oxygens (including phenoxy) is 1. The van der Waals surface area contributed by atoms with E-state index in [4.69, 9.17) is 9.88 Å². The molecule has 0 unspecified atom stereocenters. The van der Waals surface area contributed by atoms with Gasteiger partial charge in [0, 0.05) is 32.7 Å². The van der Waals surface area contributed by atoms with Crippen LogP contribution in [0.4, 0.5) is 0 Å². The second-order valence-corrected chi connectivity index (χ2v) is 7.29. The lowest BCUT2D eigenvalue weighted by atomic mass is 10.3. The standard InChI is InChI=1S/C15H24N4O4S.ClH/c1-18(12-15(20)19-8-6-17-7-9-19)10-11-23-13-2-4-14(5-3-13)24(16,21)22;/h2-5,17H,6-12H2,1H3,(H2,16,21,22);1H. The molecule has 0 aromatic heterocycles. The molecule has 3 N–H and O–H groups in total. The Hall–Kier alpha value is -1.39. The summed E-state index contributed by atoms with van der Waals surface area (Å²) in [6.07, 6.45) is 0. The van der Waals surface area contributed by atoms with Gasteiger partial charge >= 0.3 is 0 Å². The van der Waals surface area contributed by atoms with Gasteiger partial charge in [-0.3, -0.25) is 9.69 Å². The number of likely N-dealkylation sites (N-methyl/N-ethyl adjacent to an activating group) is 1. The van der Waals surface area contributed by atoms with Crippen LogP contribution in [0.2, 0.25) is 0 Å². The monoisotopic (exact) mass is 392 g/mol. The van der Waals surface area contributed by atoms with Gasteiger partial charge in [-0.1, -0.05) is 0 Å². The highest BCUT2D eigenvalue weighted by atomic mass is 35.5. The number of amides is 1. The summed E-state index contributed by atoms with van der Waals surface area (Å²) < 4.78 is 27.9. The third-order valence-electron chi connectivity index (χ3n) is 3.77. The Kier molecular flexibility index (Phi) is 8.60. The number of carbonyl (C=O) groups excluding carboxylic acids is 1. The van der Waals surface area contributed by atoms with Gasteiger partial charge < -0.3 is 15.0 Å². The van der Waals surface area contributed by atoms with E-state index in [1.807, 2.05) is 16.8 Å². The van der Waals surface area contributed by atoms with Crippen molar-refractivity contribution in [3.8, 4) is 5.75 Å². The minimum Gasteiger partial charge on any atom is -0.492 e. The molecule has 0 radical (unpaired) electrons. The first kappa shape index (κ1) is 21.7. The number of primary sulfonamides is 1. The van der Waals surface area contributed by atoms with Gasteiger partial charge in [0.1, 0.15) is 12.4 Å². The number of rotatable bonds is 7. The van der Waals surface area contributed by atoms with Crippen molar-refractivity contribution < 1.29 is 17.9 Å². The van der Waals surface area contributed by atoms with E-state index < -0.39 is 10.0 Å². The fraction of sp³-hybridized carbons (Fsp3) is 0.533. The normalized spacial score (nSPS) is 14.9. The third-order valence-corrected chi connectivity index (χ3v) is 4.70. The van der Waals surface area contributed by atoms with Crippen LogP contribution in [-0.2, 0) is 14.8 Å². The van der Waals surface area contributed by atoms with Crippen molar-refractivity contribution in [1.29, 1.82) is 0 Å². The molecular weight excluding hydrogens is 368 g/mol. The lowest BCUT2D eigenvalue weighted by Gasteiger charge is -2.29.